The predicted molar refractivity (Wildman–Crippen MR) is 78.5 cm³/mol. The van der Waals surface area contributed by atoms with Gasteiger partial charge in [0.25, 0.3) is 5.91 Å². The van der Waals surface area contributed by atoms with E-state index in [1.165, 1.54) is 17.4 Å². The number of nitrogens with zero attached hydrogens (tertiary/aromatic N) is 1. The highest BCUT2D eigenvalue weighted by Crippen LogP contribution is 2.24. The summed E-state index contributed by atoms with van der Waals surface area (Å²) < 4.78 is 13.5. The molecule has 0 bridgehead atoms. The first-order valence-electron chi connectivity index (χ1n) is 6.48. The van der Waals surface area contributed by atoms with E-state index in [-0.39, 0.29) is 18.3 Å². The monoisotopic (exact) mass is 292 g/mol. The normalized spacial score (nSPS) is 10.8. The molecule has 1 N–H and O–H groups in total. The van der Waals surface area contributed by atoms with E-state index in [2.05, 4.69) is 10.3 Å². The second-order valence-electron chi connectivity index (χ2n) is 4.90. The van der Waals surface area contributed by atoms with Gasteiger partial charge in [-0.05, 0) is 13.0 Å². The van der Waals surface area contributed by atoms with Crippen LogP contribution in [0.25, 0.3) is 0 Å². The summed E-state index contributed by atoms with van der Waals surface area (Å²) in [7, 11) is 0. The van der Waals surface area contributed by atoms with E-state index in [4.69, 9.17) is 0 Å². The second kappa shape index (κ2) is 6.13. The molecule has 1 heterocycles. The maximum absolute atomic E-state index is 13.5. The molecule has 0 radical (unpaired) electrons. The molecule has 0 aliphatic rings. The number of hydrogen-bond donors (Lipinski definition) is 1. The summed E-state index contributed by atoms with van der Waals surface area (Å²) in [5, 5.41) is 3.68. The first-order valence-corrected chi connectivity index (χ1v) is 7.29. The Labute approximate surface area is 121 Å². The molecule has 0 unspecified atom stereocenters. The van der Waals surface area contributed by atoms with Crippen molar-refractivity contribution in [2.45, 2.75) is 33.2 Å². The summed E-state index contributed by atoms with van der Waals surface area (Å²) in [5.41, 5.74) is 1.21. The van der Waals surface area contributed by atoms with Gasteiger partial charge in [0, 0.05) is 18.0 Å². The third kappa shape index (κ3) is 3.22. The van der Waals surface area contributed by atoms with Crippen LogP contribution in [0.3, 0.4) is 0 Å². The van der Waals surface area contributed by atoms with E-state index in [1.54, 1.807) is 18.2 Å². The Hall–Kier alpha value is -1.75. The van der Waals surface area contributed by atoms with Gasteiger partial charge in [-0.1, -0.05) is 32.0 Å². The number of aryl methyl sites for hydroxylation is 1. The quantitative estimate of drug-likeness (QED) is 0.934. The standard InChI is InChI=1S/C15H17FN2OS/c1-9(2)15-18-10(3)13(20-15)14(19)17-8-11-6-4-5-7-12(11)16/h4-7,9H,8H2,1-3H3,(H,17,19). The minimum absolute atomic E-state index is 0.180. The fourth-order valence-corrected chi connectivity index (χ4v) is 2.76. The van der Waals surface area contributed by atoms with Crippen LogP contribution in [0.2, 0.25) is 0 Å². The maximum Gasteiger partial charge on any atom is 0.263 e. The molecule has 1 amide bonds. The third-order valence-corrected chi connectivity index (χ3v) is 4.37. The first kappa shape index (κ1) is 14.7. The molecule has 1 aromatic heterocycles. The highest BCUT2D eigenvalue weighted by molar-refractivity contribution is 7.13. The Kier molecular flexibility index (Phi) is 4.49. The molecule has 0 saturated carbocycles. The molecule has 0 spiro atoms. The van der Waals surface area contributed by atoms with Gasteiger partial charge < -0.3 is 5.32 Å². The summed E-state index contributed by atoms with van der Waals surface area (Å²) in [6.45, 7) is 6.08. The molecule has 20 heavy (non-hydrogen) atoms. The lowest BCUT2D eigenvalue weighted by atomic mass is 10.2. The van der Waals surface area contributed by atoms with Crippen molar-refractivity contribution in [3.63, 3.8) is 0 Å². The van der Waals surface area contributed by atoms with Gasteiger partial charge in [0.05, 0.1) is 10.7 Å². The molecular weight excluding hydrogens is 275 g/mol. The van der Waals surface area contributed by atoms with E-state index in [1.807, 2.05) is 20.8 Å². The first-order chi connectivity index (χ1) is 9.49. The zero-order valence-electron chi connectivity index (χ0n) is 11.7. The number of thiazole rings is 1. The van der Waals surface area contributed by atoms with Gasteiger partial charge in [0.1, 0.15) is 10.7 Å². The largest absolute Gasteiger partial charge is 0.347 e. The average molecular weight is 292 g/mol. The molecule has 106 valence electrons. The second-order valence-corrected chi connectivity index (χ2v) is 5.93. The van der Waals surface area contributed by atoms with E-state index < -0.39 is 0 Å². The van der Waals surface area contributed by atoms with Crippen LogP contribution in [0, 0.1) is 12.7 Å². The minimum atomic E-state index is -0.309. The molecule has 5 heteroatoms. The Morgan fingerprint density at radius 2 is 2.10 bits per heavy atom. The number of benzene rings is 1. The Morgan fingerprint density at radius 1 is 1.40 bits per heavy atom. The van der Waals surface area contributed by atoms with Crippen molar-refractivity contribution < 1.29 is 9.18 Å². The number of rotatable bonds is 4. The molecule has 3 nitrogen and oxygen atoms in total. The van der Waals surface area contributed by atoms with Crippen LogP contribution >= 0.6 is 11.3 Å². The number of carbonyl (C=O) groups excluding carboxylic acids is 1. The number of nitrogens with one attached hydrogen (secondary N) is 1. The zero-order chi connectivity index (χ0) is 14.7. The van der Waals surface area contributed by atoms with Crippen LogP contribution in [-0.4, -0.2) is 10.9 Å². The van der Waals surface area contributed by atoms with Crippen molar-refractivity contribution in [3.05, 3.63) is 51.2 Å². The molecule has 0 aliphatic heterocycles. The van der Waals surface area contributed by atoms with Crippen LogP contribution < -0.4 is 5.32 Å². The van der Waals surface area contributed by atoms with Gasteiger partial charge in [-0.25, -0.2) is 9.37 Å². The van der Waals surface area contributed by atoms with Crippen molar-refractivity contribution in [3.8, 4) is 0 Å². The third-order valence-electron chi connectivity index (χ3n) is 2.91. The molecular formula is C15H17FN2OS. The fourth-order valence-electron chi connectivity index (χ4n) is 1.77. The van der Waals surface area contributed by atoms with Gasteiger partial charge in [-0.15, -0.1) is 11.3 Å². The molecule has 0 saturated heterocycles. The number of carbonyl (C=O) groups is 1. The van der Waals surface area contributed by atoms with Crippen LogP contribution in [-0.2, 0) is 6.54 Å². The van der Waals surface area contributed by atoms with Crippen LogP contribution in [0.4, 0.5) is 4.39 Å². The number of aromatic nitrogens is 1. The van der Waals surface area contributed by atoms with E-state index in [9.17, 15) is 9.18 Å². The highest BCUT2D eigenvalue weighted by Gasteiger charge is 2.16. The van der Waals surface area contributed by atoms with Crippen molar-refractivity contribution in [2.75, 3.05) is 0 Å². The van der Waals surface area contributed by atoms with Crippen molar-refractivity contribution in [2.24, 2.45) is 0 Å². The maximum atomic E-state index is 13.5. The van der Waals surface area contributed by atoms with Crippen molar-refractivity contribution in [1.29, 1.82) is 0 Å². The predicted octanol–water partition coefficient (Wildman–Crippen LogP) is 3.64. The number of halogens is 1. The fraction of sp³-hybridized carbons (Fsp3) is 0.333. The average Bonchev–Trinajstić information content (AvgIpc) is 2.80. The van der Waals surface area contributed by atoms with Crippen molar-refractivity contribution in [1.82, 2.24) is 10.3 Å². The van der Waals surface area contributed by atoms with E-state index in [0.717, 1.165) is 10.7 Å². The molecule has 0 aliphatic carbocycles. The highest BCUT2D eigenvalue weighted by atomic mass is 32.1. The number of amides is 1. The van der Waals surface area contributed by atoms with Gasteiger partial charge in [0.15, 0.2) is 0 Å². The molecule has 0 fully saturated rings. The summed E-state index contributed by atoms with van der Waals surface area (Å²) in [6, 6.07) is 6.42. The molecule has 1 aromatic carbocycles. The number of hydrogen-bond acceptors (Lipinski definition) is 3. The summed E-state index contributed by atoms with van der Waals surface area (Å²) >= 11 is 1.40. The van der Waals surface area contributed by atoms with Crippen LogP contribution in [0.1, 0.15) is 45.7 Å². The van der Waals surface area contributed by atoms with E-state index in [0.29, 0.717) is 16.4 Å². The van der Waals surface area contributed by atoms with Crippen LogP contribution in [0.15, 0.2) is 24.3 Å². The molecule has 0 atom stereocenters. The molecule has 2 rings (SSSR count). The van der Waals surface area contributed by atoms with Gasteiger partial charge >= 0.3 is 0 Å². The van der Waals surface area contributed by atoms with Gasteiger partial charge in [-0.3, -0.25) is 4.79 Å². The lowest BCUT2D eigenvalue weighted by Gasteiger charge is -2.05. The van der Waals surface area contributed by atoms with E-state index >= 15 is 0 Å². The van der Waals surface area contributed by atoms with Crippen LogP contribution in [0.5, 0.6) is 0 Å². The summed E-state index contributed by atoms with van der Waals surface area (Å²) in [6.07, 6.45) is 0. The Balaban J connectivity index is 2.07. The van der Waals surface area contributed by atoms with Crippen molar-refractivity contribution >= 4 is 17.2 Å². The lowest BCUT2D eigenvalue weighted by Crippen LogP contribution is -2.23. The van der Waals surface area contributed by atoms with Gasteiger partial charge in [-0.2, -0.15) is 0 Å². The van der Waals surface area contributed by atoms with Gasteiger partial charge in [0.2, 0.25) is 0 Å². The Morgan fingerprint density at radius 3 is 2.70 bits per heavy atom. The Bertz CT molecular complexity index is 622. The SMILES string of the molecule is Cc1nc(C(C)C)sc1C(=O)NCc1ccccc1F. The zero-order valence-corrected chi connectivity index (χ0v) is 12.6. The minimum Gasteiger partial charge on any atom is -0.347 e. The summed E-state index contributed by atoms with van der Waals surface area (Å²) in [5.74, 6) is -0.210. The molecule has 2 aromatic rings. The topological polar surface area (TPSA) is 42.0 Å². The smallest absolute Gasteiger partial charge is 0.263 e. The summed E-state index contributed by atoms with van der Waals surface area (Å²) in [4.78, 5) is 17.1. The lowest BCUT2D eigenvalue weighted by molar-refractivity contribution is 0.0954.